The summed E-state index contributed by atoms with van der Waals surface area (Å²) in [7, 11) is 3.26. The number of furan rings is 1. The summed E-state index contributed by atoms with van der Waals surface area (Å²) in [4.78, 5) is 17.3. The maximum absolute atomic E-state index is 12.7. The SMILES string of the molecule is COCCn1c(SCC(=O)Nc2cc3oc4ccccc4c3cc2OC)nc(C)c1C. The van der Waals surface area contributed by atoms with Crippen LogP contribution in [0.1, 0.15) is 11.4 Å². The van der Waals surface area contributed by atoms with E-state index < -0.39 is 0 Å². The number of nitrogens with one attached hydrogen (secondary N) is 1. The van der Waals surface area contributed by atoms with Gasteiger partial charge in [-0.1, -0.05) is 30.0 Å². The lowest BCUT2D eigenvalue weighted by atomic mass is 10.1. The summed E-state index contributed by atoms with van der Waals surface area (Å²) in [5.41, 5.74) is 4.11. The van der Waals surface area contributed by atoms with Gasteiger partial charge < -0.3 is 23.8 Å². The normalized spacial score (nSPS) is 11.4. The number of methoxy groups -OCH3 is 2. The number of benzene rings is 2. The third-order valence-electron chi connectivity index (χ3n) is 5.25. The van der Waals surface area contributed by atoms with Crippen molar-refractivity contribution in [1.29, 1.82) is 0 Å². The highest BCUT2D eigenvalue weighted by Crippen LogP contribution is 2.36. The van der Waals surface area contributed by atoms with Crippen LogP contribution in [0.4, 0.5) is 5.69 Å². The van der Waals surface area contributed by atoms with Crippen molar-refractivity contribution in [3.63, 3.8) is 0 Å². The molecule has 0 aliphatic carbocycles. The monoisotopic (exact) mass is 439 g/mol. The Morgan fingerprint density at radius 3 is 2.74 bits per heavy atom. The summed E-state index contributed by atoms with van der Waals surface area (Å²) in [5.74, 6) is 0.672. The van der Waals surface area contributed by atoms with E-state index in [0.717, 1.165) is 32.9 Å². The zero-order chi connectivity index (χ0) is 22.0. The Morgan fingerprint density at radius 1 is 1.16 bits per heavy atom. The molecule has 7 nitrogen and oxygen atoms in total. The summed E-state index contributed by atoms with van der Waals surface area (Å²) in [5, 5.41) is 5.71. The Balaban J connectivity index is 1.52. The second kappa shape index (κ2) is 9.03. The Morgan fingerprint density at radius 2 is 1.97 bits per heavy atom. The molecule has 1 N–H and O–H groups in total. The fourth-order valence-electron chi connectivity index (χ4n) is 3.51. The number of anilines is 1. The zero-order valence-electron chi connectivity index (χ0n) is 18.0. The second-order valence-electron chi connectivity index (χ2n) is 7.19. The summed E-state index contributed by atoms with van der Waals surface area (Å²) in [6.45, 7) is 5.28. The van der Waals surface area contributed by atoms with E-state index in [1.54, 1.807) is 14.2 Å². The van der Waals surface area contributed by atoms with Crippen LogP contribution in [0.2, 0.25) is 0 Å². The average molecular weight is 440 g/mol. The van der Waals surface area contributed by atoms with Crippen LogP contribution in [0.5, 0.6) is 5.75 Å². The van der Waals surface area contributed by atoms with Gasteiger partial charge in [0.25, 0.3) is 0 Å². The minimum atomic E-state index is -0.143. The van der Waals surface area contributed by atoms with E-state index in [1.165, 1.54) is 11.8 Å². The van der Waals surface area contributed by atoms with Gasteiger partial charge in [-0.25, -0.2) is 4.98 Å². The number of thioether (sulfide) groups is 1. The number of hydrogen-bond acceptors (Lipinski definition) is 6. The number of aryl methyl sites for hydroxylation is 1. The van der Waals surface area contributed by atoms with Crippen molar-refractivity contribution >= 4 is 45.3 Å². The Kier molecular flexibility index (Phi) is 6.20. The number of imidazole rings is 1. The molecule has 4 aromatic rings. The maximum atomic E-state index is 12.7. The third-order valence-corrected chi connectivity index (χ3v) is 6.22. The summed E-state index contributed by atoms with van der Waals surface area (Å²) < 4.78 is 18.7. The molecular formula is C23H25N3O4S. The van der Waals surface area contributed by atoms with Crippen LogP contribution in [-0.4, -0.2) is 42.0 Å². The van der Waals surface area contributed by atoms with E-state index in [4.69, 9.17) is 13.9 Å². The molecular weight excluding hydrogens is 414 g/mol. The molecule has 4 rings (SSSR count). The first kappa shape index (κ1) is 21.3. The van der Waals surface area contributed by atoms with Gasteiger partial charge in [0.05, 0.1) is 30.9 Å². The molecule has 0 saturated carbocycles. The quantitative estimate of drug-likeness (QED) is 0.398. The number of aromatic nitrogens is 2. The van der Waals surface area contributed by atoms with Crippen LogP contribution < -0.4 is 10.1 Å². The largest absolute Gasteiger partial charge is 0.495 e. The first-order valence-electron chi connectivity index (χ1n) is 9.96. The minimum Gasteiger partial charge on any atom is -0.495 e. The van der Waals surface area contributed by atoms with Crippen LogP contribution in [0.3, 0.4) is 0 Å². The Bertz CT molecular complexity index is 1240. The van der Waals surface area contributed by atoms with Gasteiger partial charge in [0.15, 0.2) is 5.16 Å². The molecule has 0 spiro atoms. The molecule has 0 unspecified atom stereocenters. The van der Waals surface area contributed by atoms with Crippen LogP contribution in [0.25, 0.3) is 21.9 Å². The van der Waals surface area contributed by atoms with Crippen LogP contribution in [0, 0.1) is 13.8 Å². The van der Waals surface area contributed by atoms with Crippen molar-refractivity contribution in [2.75, 3.05) is 31.9 Å². The molecule has 0 aliphatic rings. The molecule has 1 amide bonds. The maximum Gasteiger partial charge on any atom is 0.234 e. The molecule has 0 atom stereocenters. The van der Waals surface area contributed by atoms with E-state index in [0.29, 0.717) is 30.2 Å². The standard InChI is InChI=1S/C23H25N3O4S/c1-14-15(2)26(9-10-28-3)23(24-14)31-13-22(27)25-18-12-20-17(11-21(18)29-4)16-7-5-6-8-19(16)30-20/h5-8,11-12H,9-10,13H2,1-4H3,(H,25,27). The van der Waals surface area contributed by atoms with E-state index in [1.807, 2.05) is 50.2 Å². The molecule has 0 aliphatic heterocycles. The van der Waals surface area contributed by atoms with Crippen molar-refractivity contribution in [2.24, 2.45) is 0 Å². The van der Waals surface area contributed by atoms with E-state index in [2.05, 4.69) is 14.9 Å². The van der Waals surface area contributed by atoms with E-state index in [9.17, 15) is 4.79 Å². The van der Waals surface area contributed by atoms with E-state index in [-0.39, 0.29) is 11.7 Å². The van der Waals surface area contributed by atoms with Crippen molar-refractivity contribution in [3.05, 3.63) is 47.8 Å². The van der Waals surface area contributed by atoms with Gasteiger partial charge in [0.2, 0.25) is 5.91 Å². The summed E-state index contributed by atoms with van der Waals surface area (Å²) in [6.07, 6.45) is 0. The predicted octanol–water partition coefficient (Wildman–Crippen LogP) is 4.79. The first-order chi connectivity index (χ1) is 15.0. The molecule has 0 fully saturated rings. The lowest BCUT2D eigenvalue weighted by molar-refractivity contribution is -0.113. The van der Waals surface area contributed by atoms with Gasteiger partial charge in [-0.2, -0.15) is 0 Å². The molecule has 0 radical (unpaired) electrons. The highest BCUT2D eigenvalue weighted by Gasteiger charge is 2.16. The smallest absolute Gasteiger partial charge is 0.234 e. The fourth-order valence-corrected chi connectivity index (χ4v) is 4.43. The number of carbonyl (C=O) groups excluding carboxylic acids is 1. The zero-order valence-corrected chi connectivity index (χ0v) is 18.8. The van der Waals surface area contributed by atoms with Crippen molar-refractivity contribution < 1.29 is 18.7 Å². The molecule has 162 valence electrons. The number of hydrogen-bond donors (Lipinski definition) is 1. The minimum absolute atomic E-state index is 0.143. The van der Waals surface area contributed by atoms with Crippen LogP contribution >= 0.6 is 11.8 Å². The number of carbonyl (C=O) groups is 1. The van der Waals surface area contributed by atoms with E-state index >= 15 is 0 Å². The highest BCUT2D eigenvalue weighted by molar-refractivity contribution is 7.99. The average Bonchev–Trinajstić information content (AvgIpc) is 3.26. The fraction of sp³-hybridized carbons (Fsp3) is 0.304. The number of amides is 1. The molecule has 2 aromatic heterocycles. The van der Waals surface area contributed by atoms with Gasteiger partial charge >= 0.3 is 0 Å². The predicted molar refractivity (Wildman–Crippen MR) is 123 cm³/mol. The van der Waals surface area contributed by atoms with Crippen LogP contribution in [-0.2, 0) is 16.1 Å². The summed E-state index contributed by atoms with van der Waals surface area (Å²) >= 11 is 1.40. The number of rotatable bonds is 8. The third kappa shape index (κ3) is 4.26. The lowest BCUT2D eigenvalue weighted by Gasteiger charge is -2.11. The first-order valence-corrected chi connectivity index (χ1v) is 10.9. The molecule has 31 heavy (non-hydrogen) atoms. The molecule has 0 bridgehead atoms. The van der Waals surface area contributed by atoms with Gasteiger partial charge in [0, 0.05) is 36.2 Å². The van der Waals surface area contributed by atoms with Crippen LogP contribution in [0.15, 0.2) is 46.0 Å². The highest BCUT2D eigenvalue weighted by atomic mass is 32.2. The molecule has 8 heteroatoms. The number of ether oxygens (including phenoxy) is 2. The van der Waals surface area contributed by atoms with Gasteiger partial charge in [-0.05, 0) is 26.0 Å². The van der Waals surface area contributed by atoms with Crippen molar-refractivity contribution in [2.45, 2.75) is 25.5 Å². The molecule has 2 aromatic carbocycles. The lowest BCUT2D eigenvalue weighted by Crippen LogP contribution is -2.15. The molecule has 2 heterocycles. The second-order valence-corrected chi connectivity index (χ2v) is 8.14. The number of fused-ring (bicyclic) bond motifs is 3. The summed E-state index contributed by atoms with van der Waals surface area (Å²) in [6, 6.07) is 11.5. The van der Waals surface area contributed by atoms with Crippen molar-refractivity contribution in [3.8, 4) is 5.75 Å². The van der Waals surface area contributed by atoms with Gasteiger partial charge in [-0.3, -0.25) is 4.79 Å². The van der Waals surface area contributed by atoms with Crippen molar-refractivity contribution in [1.82, 2.24) is 9.55 Å². The topological polar surface area (TPSA) is 78.5 Å². The molecule has 0 saturated heterocycles. The number of nitrogens with zero attached hydrogens (tertiary/aromatic N) is 2. The number of para-hydroxylation sites is 1. The van der Waals surface area contributed by atoms with Gasteiger partial charge in [-0.15, -0.1) is 0 Å². The van der Waals surface area contributed by atoms with Gasteiger partial charge in [0.1, 0.15) is 16.9 Å². The Labute approximate surface area is 184 Å². The Hall–Kier alpha value is -2.97.